The molecule has 2 aliphatic carbocycles. The van der Waals surface area contributed by atoms with Crippen LogP contribution >= 0.6 is 0 Å². The Morgan fingerprint density at radius 3 is 1.30 bits per heavy atom. The first kappa shape index (κ1) is 27.6. The van der Waals surface area contributed by atoms with Crippen LogP contribution in [0.3, 0.4) is 0 Å². The Labute approximate surface area is 215 Å². The third-order valence-electron chi connectivity index (χ3n) is 6.75. The summed E-state index contributed by atoms with van der Waals surface area (Å²) in [4.78, 5) is 0. The van der Waals surface area contributed by atoms with Gasteiger partial charge in [-0.1, -0.05) is 113 Å². The van der Waals surface area contributed by atoms with E-state index in [9.17, 15) is 0 Å². The summed E-state index contributed by atoms with van der Waals surface area (Å²) in [6.45, 7) is 14.8. The maximum atomic E-state index is 2.64. The zero-order valence-electron chi connectivity index (χ0n) is 18.8. The van der Waals surface area contributed by atoms with Crippen LogP contribution in [0.25, 0.3) is 12.2 Å². The van der Waals surface area contributed by atoms with Gasteiger partial charge in [-0.2, -0.15) is 0 Å². The maximum Gasteiger partial charge on any atom is 2.00 e. The Bertz CT molecular complexity index is 868. The molecule has 2 aromatic rings. The number of hydrogen-bond donors (Lipinski definition) is 0. The molecule has 158 valence electrons. The molecule has 0 aliphatic heterocycles. The minimum Gasteiger partial charge on any atom is -1.00 e. The van der Waals surface area contributed by atoms with Crippen LogP contribution in [0.1, 0.15) is 61.0 Å². The van der Waals surface area contributed by atoms with Gasteiger partial charge in [0.1, 0.15) is 0 Å². The Hall–Kier alpha value is -0.400. The average molecular weight is 535 g/mol. The van der Waals surface area contributed by atoms with E-state index in [0.29, 0.717) is 22.9 Å². The number of benzene rings is 2. The minimum atomic E-state index is -1.73. The summed E-state index contributed by atoms with van der Waals surface area (Å²) in [7, 11) is -1.73. The summed E-state index contributed by atoms with van der Waals surface area (Å²) in [5.74, 6) is 1.19. The second-order valence-corrected chi connectivity index (χ2v) is 14.3. The van der Waals surface area contributed by atoms with Crippen LogP contribution in [0.2, 0.25) is 13.1 Å². The molecule has 0 radical (unpaired) electrons. The van der Waals surface area contributed by atoms with Gasteiger partial charge in [0, 0.05) is 11.1 Å². The van der Waals surface area contributed by atoms with Gasteiger partial charge >= 0.3 is 26.2 Å². The van der Waals surface area contributed by atoms with Crippen molar-refractivity contribution in [2.45, 2.75) is 51.9 Å². The first-order chi connectivity index (χ1) is 12.8. The molecule has 30 heavy (non-hydrogen) atoms. The number of fused-ring (bicyclic) bond motifs is 2. The van der Waals surface area contributed by atoms with Crippen molar-refractivity contribution >= 4 is 20.2 Å². The molecule has 4 rings (SSSR count). The van der Waals surface area contributed by atoms with Gasteiger partial charge in [0.15, 0.2) is 0 Å². The van der Waals surface area contributed by atoms with Crippen LogP contribution in [0, 0.1) is 11.8 Å². The molecule has 0 saturated heterocycles. The molecular weight excluding hydrogens is 503 g/mol. The molecule has 0 bridgehead atoms. The number of hydrogen-bond acceptors (Lipinski definition) is 0. The molecular formula is C26H32Cl2SiZr. The summed E-state index contributed by atoms with van der Waals surface area (Å²) in [6, 6.07) is 18.2. The fourth-order valence-corrected chi connectivity index (χ4v) is 10.5. The Balaban J connectivity index is 0.00000150. The van der Waals surface area contributed by atoms with Crippen molar-refractivity contribution in [1.29, 1.82) is 0 Å². The van der Waals surface area contributed by atoms with Gasteiger partial charge in [0.05, 0.1) is 8.07 Å². The predicted octanol–water partition coefficient (Wildman–Crippen LogP) is 1.45. The van der Waals surface area contributed by atoms with Crippen LogP contribution in [0.15, 0.2) is 59.7 Å². The predicted molar refractivity (Wildman–Crippen MR) is 121 cm³/mol. The molecule has 4 heteroatoms. The Morgan fingerprint density at radius 2 is 0.967 bits per heavy atom. The number of halogens is 2. The quantitative estimate of drug-likeness (QED) is 0.521. The first-order valence-corrected chi connectivity index (χ1v) is 13.6. The molecule has 2 aliphatic rings. The van der Waals surface area contributed by atoms with Gasteiger partial charge in [-0.3, -0.25) is 0 Å². The maximum absolute atomic E-state index is 2.64. The molecule has 2 unspecified atom stereocenters. The van der Waals surface area contributed by atoms with Crippen LogP contribution in [-0.4, -0.2) is 8.07 Å². The second kappa shape index (κ2) is 10.5. The first-order valence-electron chi connectivity index (χ1n) is 10.4. The topological polar surface area (TPSA) is 0 Å². The van der Waals surface area contributed by atoms with Crippen molar-refractivity contribution in [3.63, 3.8) is 0 Å². The monoisotopic (exact) mass is 532 g/mol. The molecule has 0 nitrogen and oxygen atoms in total. The van der Waals surface area contributed by atoms with E-state index in [0.717, 1.165) is 0 Å². The van der Waals surface area contributed by atoms with Gasteiger partial charge in [0.2, 0.25) is 0 Å². The number of allylic oxidation sites excluding steroid dienone is 2. The Morgan fingerprint density at radius 1 is 0.633 bits per heavy atom. The van der Waals surface area contributed by atoms with Crippen LogP contribution < -0.4 is 24.8 Å². The zero-order valence-corrected chi connectivity index (χ0v) is 23.8. The van der Waals surface area contributed by atoms with Crippen molar-refractivity contribution in [3.05, 3.63) is 81.9 Å². The Kier molecular flexibility index (Phi) is 9.65. The van der Waals surface area contributed by atoms with E-state index in [1.807, 2.05) is 0 Å². The van der Waals surface area contributed by atoms with E-state index in [2.05, 4.69) is 101 Å². The fraction of sp³-hybridized carbons (Fsp3) is 0.385. The normalized spacial score (nSPS) is 19.2. The van der Waals surface area contributed by atoms with Crippen molar-refractivity contribution < 1.29 is 51.0 Å². The number of rotatable bonds is 4. The summed E-state index contributed by atoms with van der Waals surface area (Å²) in [6.07, 6.45) is 5.00. The SMILES string of the molecule is CC(C)C1=Cc2ccccc2C1[Si](C)(C)C1C(C(C)C)=Cc2ccccc21.[Cl-].[Cl-].[Zr+2]. The summed E-state index contributed by atoms with van der Waals surface area (Å²) >= 11 is 0. The zero-order chi connectivity index (χ0) is 19.3. The van der Waals surface area contributed by atoms with Gasteiger partial charge in [0.25, 0.3) is 0 Å². The van der Waals surface area contributed by atoms with Gasteiger partial charge < -0.3 is 24.8 Å². The third-order valence-corrected chi connectivity index (χ3v) is 11.0. The standard InChI is InChI=1S/C26H32Si.2ClH.Zr/c1-17(2)23-15-19-11-7-9-13-21(19)25(23)27(5,6)26-22-14-10-8-12-20(22)16-24(26)18(3)4;;;/h7-18,25-26H,1-6H3;2*1H;/q;;;+2/p-2. The van der Waals surface area contributed by atoms with E-state index >= 15 is 0 Å². The average Bonchev–Trinajstić information content (AvgIpc) is 3.21. The smallest absolute Gasteiger partial charge is 1.00 e. The fourth-order valence-electron chi connectivity index (χ4n) is 5.52. The van der Waals surface area contributed by atoms with Crippen molar-refractivity contribution in [2.75, 3.05) is 0 Å². The van der Waals surface area contributed by atoms with Crippen LogP contribution in [0.4, 0.5) is 0 Å². The van der Waals surface area contributed by atoms with E-state index in [1.54, 1.807) is 22.3 Å². The molecule has 2 atom stereocenters. The van der Waals surface area contributed by atoms with Crippen molar-refractivity contribution in [3.8, 4) is 0 Å². The molecule has 0 saturated carbocycles. The molecule has 0 N–H and O–H groups in total. The van der Waals surface area contributed by atoms with E-state index in [1.165, 1.54) is 11.1 Å². The van der Waals surface area contributed by atoms with E-state index < -0.39 is 8.07 Å². The molecule has 0 amide bonds. The van der Waals surface area contributed by atoms with Gasteiger partial charge in [-0.25, -0.2) is 0 Å². The largest absolute Gasteiger partial charge is 2.00 e. The third kappa shape index (κ3) is 4.54. The molecule has 0 aromatic heterocycles. The van der Waals surface area contributed by atoms with Crippen LogP contribution in [-0.2, 0) is 26.2 Å². The summed E-state index contributed by atoms with van der Waals surface area (Å²) in [5.41, 5.74) is 10.6. The molecule has 0 spiro atoms. The summed E-state index contributed by atoms with van der Waals surface area (Å²) in [5, 5.41) is 0. The van der Waals surface area contributed by atoms with Gasteiger partial charge in [-0.15, -0.1) is 0 Å². The van der Waals surface area contributed by atoms with Gasteiger partial charge in [-0.05, 0) is 34.1 Å². The molecule has 2 aromatic carbocycles. The van der Waals surface area contributed by atoms with E-state index in [4.69, 9.17) is 0 Å². The molecule has 0 heterocycles. The minimum absolute atomic E-state index is 0. The summed E-state index contributed by atoms with van der Waals surface area (Å²) < 4.78 is 0. The van der Waals surface area contributed by atoms with Crippen molar-refractivity contribution in [2.24, 2.45) is 11.8 Å². The second-order valence-electron chi connectivity index (χ2n) is 9.54. The molecule has 0 fully saturated rings. The van der Waals surface area contributed by atoms with Crippen LogP contribution in [0.5, 0.6) is 0 Å². The van der Waals surface area contributed by atoms with Crippen molar-refractivity contribution in [1.82, 2.24) is 0 Å². The van der Waals surface area contributed by atoms with E-state index in [-0.39, 0.29) is 51.0 Å².